The second-order valence-corrected chi connectivity index (χ2v) is 10.2. The average molecular weight is 521 g/mol. The van der Waals surface area contributed by atoms with E-state index >= 15 is 0 Å². The van der Waals surface area contributed by atoms with Crippen LogP contribution in [0.3, 0.4) is 0 Å². The van der Waals surface area contributed by atoms with Gasteiger partial charge in [-0.25, -0.2) is 0 Å². The standard InChI is InChI=1S/C19H25N.C14H18N4.B/c1-10-9-18(15(6)12(3)11(10)2)19-16(7)13(4)14(5)17(8)20-19;1-15-9-11-3-5-17-13(7-11)14-8-12(10-16-2)4-6-18-14;/h9H,1-8H3;3-8,15-16H,9-10H2,1-2H3;. The van der Waals surface area contributed by atoms with E-state index in [-0.39, 0.29) is 8.41 Å². The largest absolute Gasteiger partial charge is 0.316 e. The number of pyridine rings is 3. The zero-order valence-corrected chi connectivity index (χ0v) is 25.4. The van der Waals surface area contributed by atoms with Crippen LogP contribution in [0.2, 0.25) is 0 Å². The van der Waals surface area contributed by atoms with Gasteiger partial charge in [-0.3, -0.25) is 15.0 Å². The van der Waals surface area contributed by atoms with Crippen LogP contribution >= 0.6 is 0 Å². The Morgan fingerprint density at radius 1 is 0.590 bits per heavy atom. The first-order valence-corrected chi connectivity index (χ1v) is 13.3. The SMILES string of the molecule is CNCc1ccnc(-c2cc(CNC)ccn2)c1.Cc1cc(-c2nc(C)c(C)c(C)c2C)c(C)c(C)c1C.[B]. The number of nitrogens with zero attached hydrogens (tertiary/aromatic N) is 3. The van der Waals surface area contributed by atoms with E-state index in [1.165, 1.54) is 55.6 Å². The third-order valence-electron chi connectivity index (χ3n) is 7.71. The highest BCUT2D eigenvalue weighted by Gasteiger charge is 2.15. The van der Waals surface area contributed by atoms with Crippen LogP contribution in [0.25, 0.3) is 22.6 Å². The summed E-state index contributed by atoms with van der Waals surface area (Å²) < 4.78 is 0. The molecule has 6 heteroatoms. The van der Waals surface area contributed by atoms with E-state index in [1.807, 2.05) is 38.6 Å². The summed E-state index contributed by atoms with van der Waals surface area (Å²) in [5.74, 6) is 0. The molecular weight excluding hydrogens is 477 g/mol. The van der Waals surface area contributed by atoms with Crippen molar-refractivity contribution in [3.8, 4) is 22.6 Å². The van der Waals surface area contributed by atoms with Gasteiger partial charge in [0.25, 0.3) is 0 Å². The maximum atomic E-state index is 4.88. The lowest BCUT2D eigenvalue weighted by Gasteiger charge is -2.18. The summed E-state index contributed by atoms with van der Waals surface area (Å²) in [6, 6.07) is 10.5. The quantitative estimate of drug-likeness (QED) is 0.288. The summed E-state index contributed by atoms with van der Waals surface area (Å²) in [5, 5.41) is 6.27. The molecule has 0 spiro atoms. The van der Waals surface area contributed by atoms with Gasteiger partial charge < -0.3 is 10.6 Å². The summed E-state index contributed by atoms with van der Waals surface area (Å²) >= 11 is 0. The zero-order valence-electron chi connectivity index (χ0n) is 25.4. The van der Waals surface area contributed by atoms with E-state index in [0.29, 0.717) is 0 Å². The van der Waals surface area contributed by atoms with Gasteiger partial charge in [-0.05, 0) is 150 Å². The minimum absolute atomic E-state index is 0. The summed E-state index contributed by atoms with van der Waals surface area (Å²) in [6.07, 6.45) is 3.66. The molecule has 0 saturated carbocycles. The van der Waals surface area contributed by atoms with Crippen molar-refractivity contribution in [3.05, 3.63) is 98.5 Å². The van der Waals surface area contributed by atoms with E-state index in [1.54, 1.807) is 0 Å². The fraction of sp³-hybridized carbons (Fsp3) is 0.364. The van der Waals surface area contributed by atoms with Crippen molar-refractivity contribution < 1.29 is 0 Å². The molecule has 4 aromatic rings. The number of aromatic nitrogens is 3. The number of nitrogens with one attached hydrogen (secondary N) is 2. The summed E-state index contributed by atoms with van der Waals surface area (Å²) in [6.45, 7) is 19.1. The van der Waals surface area contributed by atoms with E-state index in [2.05, 4.69) is 94.2 Å². The molecule has 2 N–H and O–H groups in total. The van der Waals surface area contributed by atoms with Crippen molar-refractivity contribution >= 4 is 8.41 Å². The Kier molecular flexibility index (Phi) is 11.6. The summed E-state index contributed by atoms with van der Waals surface area (Å²) in [7, 11) is 3.87. The van der Waals surface area contributed by atoms with Gasteiger partial charge in [-0.1, -0.05) is 0 Å². The molecule has 203 valence electrons. The molecular formula is C33H43BN5. The predicted octanol–water partition coefficient (Wildman–Crippen LogP) is 6.42. The van der Waals surface area contributed by atoms with Gasteiger partial charge in [-0.2, -0.15) is 0 Å². The second-order valence-electron chi connectivity index (χ2n) is 10.2. The van der Waals surface area contributed by atoms with Gasteiger partial charge in [0.1, 0.15) is 0 Å². The molecule has 0 atom stereocenters. The Hall–Kier alpha value is -3.35. The molecule has 1 aromatic carbocycles. The summed E-state index contributed by atoms with van der Waals surface area (Å²) in [5.41, 5.74) is 17.3. The van der Waals surface area contributed by atoms with Crippen LogP contribution in [0.15, 0.2) is 42.7 Å². The molecule has 0 fully saturated rings. The van der Waals surface area contributed by atoms with Crippen LogP contribution in [0.1, 0.15) is 55.8 Å². The molecule has 0 aliphatic carbocycles. The van der Waals surface area contributed by atoms with E-state index in [4.69, 9.17) is 4.98 Å². The first-order valence-electron chi connectivity index (χ1n) is 13.3. The molecule has 5 nitrogen and oxygen atoms in total. The van der Waals surface area contributed by atoms with Crippen LogP contribution in [0.4, 0.5) is 0 Å². The Morgan fingerprint density at radius 2 is 1.08 bits per heavy atom. The van der Waals surface area contributed by atoms with Gasteiger partial charge in [0.2, 0.25) is 0 Å². The molecule has 0 aliphatic heterocycles. The maximum Gasteiger partial charge on any atom is 0.0889 e. The molecule has 3 heterocycles. The number of rotatable bonds is 6. The van der Waals surface area contributed by atoms with Gasteiger partial charge in [0, 0.05) is 45.2 Å². The molecule has 4 rings (SSSR count). The highest BCUT2D eigenvalue weighted by molar-refractivity contribution is 5.75. The topological polar surface area (TPSA) is 62.7 Å². The zero-order chi connectivity index (χ0) is 28.0. The molecule has 0 bridgehead atoms. The van der Waals surface area contributed by atoms with Gasteiger partial charge in [0.05, 0.1) is 17.1 Å². The van der Waals surface area contributed by atoms with Gasteiger partial charge in [-0.15, -0.1) is 0 Å². The van der Waals surface area contributed by atoms with Crippen molar-refractivity contribution in [2.24, 2.45) is 0 Å². The van der Waals surface area contributed by atoms with Gasteiger partial charge in [0.15, 0.2) is 0 Å². The lowest BCUT2D eigenvalue weighted by molar-refractivity contribution is 0.814. The first kappa shape index (κ1) is 31.9. The lowest BCUT2D eigenvalue weighted by Crippen LogP contribution is -2.06. The lowest BCUT2D eigenvalue weighted by atomic mass is 9.90. The van der Waals surface area contributed by atoms with Crippen molar-refractivity contribution in [2.75, 3.05) is 14.1 Å². The Morgan fingerprint density at radius 3 is 1.56 bits per heavy atom. The van der Waals surface area contributed by atoms with Crippen LogP contribution in [-0.2, 0) is 13.1 Å². The van der Waals surface area contributed by atoms with Crippen molar-refractivity contribution in [2.45, 2.75) is 68.5 Å². The molecule has 0 amide bonds. The van der Waals surface area contributed by atoms with E-state index in [9.17, 15) is 0 Å². The maximum absolute atomic E-state index is 4.88. The molecule has 39 heavy (non-hydrogen) atoms. The molecule has 0 aliphatic rings. The Balaban J connectivity index is 0.000000268. The van der Waals surface area contributed by atoms with Crippen LogP contribution < -0.4 is 10.6 Å². The van der Waals surface area contributed by atoms with Gasteiger partial charge >= 0.3 is 0 Å². The minimum Gasteiger partial charge on any atom is -0.316 e. The molecule has 0 saturated heterocycles. The highest BCUT2D eigenvalue weighted by atomic mass is 14.8. The number of benzene rings is 1. The molecule has 0 unspecified atom stereocenters. The van der Waals surface area contributed by atoms with Crippen LogP contribution in [-0.4, -0.2) is 37.5 Å². The first-order chi connectivity index (χ1) is 18.1. The Labute approximate surface area is 237 Å². The third-order valence-corrected chi connectivity index (χ3v) is 7.71. The number of hydrogen-bond acceptors (Lipinski definition) is 5. The predicted molar refractivity (Wildman–Crippen MR) is 166 cm³/mol. The molecule has 3 aromatic heterocycles. The smallest absolute Gasteiger partial charge is 0.0889 e. The summed E-state index contributed by atoms with van der Waals surface area (Å²) in [4.78, 5) is 13.6. The van der Waals surface area contributed by atoms with E-state index in [0.717, 1.165) is 35.9 Å². The Bertz CT molecular complexity index is 1320. The third kappa shape index (κ3) is 7.40. The number of aryl methyl sites for hydroxylation is 2. The van der Waals surface area contributed by atoms with E-state index < -0.39 is 0 Å². The fourth-order valence-electron chi connectivity index (χ4n) is 4.64. The highest BCUT2D eigenvalue weighted by Crippen LogP contribution is 2.33. The average Bonchev–Trinajstić information content (AvgIpc) is 2.91. The second kappa shape index (κ2) is 14.2. The van der Waals surface area contributed by atoms with Crippen molar-refractivity contribution in [1.29, 1.82) is 0 Å². The number of hydrogen-bond donors (Lipinski definition) is 2. The van der Waals surface area contributed by atoms with Crippen molar-refractivity contribution in [3.63, 3.8) is 0 Å². The van der Waals surface area contributed by atoms with Crippen molar-refractivity contribution in [1.82, 2.24) is 25.6 Å². The van der Waals surface area contributed by atoms with Crippen LogP contribution in [0.5, 0.6) is 0 Å². The fourth-order valence-corrected chi connectivity index (χ4v) is 4.64. The normalized spacial score (nSPS) is 10.5. The molecule has 3 radical (unpaired) electrons. The van der Waals surface area contributed by atoms with Crippen LogP contribution in [0, 0.1) is 55.4 Å². The monoisotopic (exact) mass is 520 g/mol. The minimum atomic E-state index is 0.